The lowest BCUT2D eigenvalue weighted by atomic mass is 9.73. The van der Waals surface area contributed by atoms with Gasteiger partial charge in [-0.05, 0) is 71.8 Å². The van der Waals surface area contributed by atoms with Crippen molar-refractivity contribution in [2.45, 2.75) is 104 Å². The van der Waals surface area contributed by atoms with Crippen LogP contribution in [0.1, 0.15) is 86.5 Å². The molecule has 192 valence electrons. The molecule has 0 aromatic carbocycles. The smallest absolute Gasteiger partial charge is 0.316 e. The highest BCUT2D eigenvalue weighted by Gasteiger charge is 2.45. The lowest BCUT2D eigenvalue weighted by Gasteiger charge is -2.35. The topological polar surface area (TPSA) is 88.1 Å². The van der Waals surface area contributed by atoms with Gasteiger partial charge in [-0.1, -0.05) is 12.5 Å². The number of ether oxygens (including phenoxy) is 4. The second kappa shape index (κ2) is 11.0. The molecule has 3 aliphatic rings. The highest BCUT2D eigenvalue weighted by Crippen LogP contribution is 2.47. The Morgan fingerprint density at radius 2 is 1.88 bits per heavy atom. The summed E-state index contributed by atoms with van der Waals surface area (Å²) < 4.78 is 22.8. The average Bonchev–Trinajstić information content (AvgIpc) is 3.33. The van der Waals surface area contributed by atoms with Crippen LogP contribution in [0.4, 0.5) is 0 Å². The minimum Gasteiger partial charge on any atom is -0.465 e. The molecule has 1 saturated heterocycles. The predicted octanol–water partition coefficient (Wildman–Crippen LogP) is 4.56. The van der Waals surface area contributed by atoms with Crippen molar-refractivity contribution in [3.63, 3.8) is 0 Å². The van der Waals surface area contributed by atoms with Gasteiger partial charge in [0, 0.05) is 25.2 Å². The number of esters is 1. The van der Waals surface area contributed by atoms with E-state index in [1.54, 1.807) is 6.92 Å². The number of Topliss-reactive ketones (excluding diaryl/α,β-unsaturated/α-hetero) is 2. The standard InChI is InChI=1S/C27H42O7/c1-7-31-25(30)20(21(28)9-8-12-27(6)32-13-14-33-27)16-19-18-10-11-23(34-26(3,4)5)24(18)17(2)15-22(19)29/h17,20,23-24H,7-16H2,1-6H3/t17-,20?,23+,24?/m0/s1. The molecular formula is C27H42O7. The van der Waals surface area contributed by atoms with Crippen molar-refractivity contribution < 1.29 is 33.3 Å². The van der Waals surface area contributed by atoms with Crippen LogP contribution in [-0.2, 0) is 33.3 Å². The van der Waals surface area contributed by atoms with Gasteiger partial charge in [-0.25, -0.2) is 0 Å². The normalized spacial score (nSPS) is 27.6. The SMILES string of the molecule is CCOC(=O)C(CC1=C2CC[C@@H](OC(C)(C)C)C2[C@@H](C)CC1=O)C(=O)CCCC1(C)OCCO1. The lowest BCUT2D eigenvalue weighted by molar-refractivity contribution is -0.152. The summed E-state index contributed by atoms with van der Waals surface area (Å²) in [6, 6.07) is 0. The lowest BCUT2D eigenvalue weighted by Crippen LogP contribution is -2.37. The fraction of sp³-hybridized carbons (Fsp3) is 0.815. The summed E-state index contributed by atoms with van der Waals surface area (Å²) >= 11 is 0. The summed E-state index contributed by atoms with van der Waals surface area (Å²) in [5.41, 5.74) is 1.47. The summed E-state index contributed by atoms with van der Waals surface area (Å²) in [6.45, 7) is 13.1. The highest BCUT2D eigenvalue weighted by atomic mass is 16.7. The van der Waals surface area contributed by atoms with Gasteiger partial charge in [-0.15, -0.1) is 0 Å². The zero-order valence-corrected chi connectivity index (χ0v) is 21.7. The Morgan fingerprint density at radius 3 is 2.50 bits per heavy atom. The Morgan fingerprint density at radius 1 is 1.21 bits per heavy atom. The molecule has 34 heavy (non-hydrogen) atoms. The largest absolute Gasteiger partial charge is 0.465 e. The summed E-state index contributed by atoms with van der Waals surface area (Å²) in [5.74, 6) is -1.95. The number of carbonyl (C=O) groups is 3. The molecule has 2 unspecified atom stereocenters. The van der Waals surface area contributed by atoms with Crippen molar-refractivity contribution in [1.82, 2.24) is 0 Å². The van der Waals surface area contributed by atoms with Crippen LogP contribution in [0.15, 0.2) is 11.1 Å². The van der Waals surface area contributed by atoms with Crippen molar-refractivity contribution in [2.75, 3.05) is 19.8 Å². The molecular weight excluding hydrogens is 436 g/mol. The van der Waals surface area contributed by atoms with Crippen molar-refractivity contribution in [3.8, 4) is 0 Å². The van der Waals surface area contributed by atoms with E-state index in [0.29, 0.717) is 38.0 Å². The fourth-order valence-electron chi connectivity index (χ4n) is 5.72. The van der Waals surface area contributed by atoms with Gasteiger partial charge < -0.3 is 18.9 Å². The molecule has 0 bridgehead atoms. The first-order valence-electron chi connectivity index (χ1n) is 12.8. The van der Waals surface area contributed by atoms with Crippen LogP contribution in [-0.4, -0.2) is 54.8 Å². The van der Waals surface area contributed by atoms with Gasteiger partial charge in [0.1, 0.15) is 11.7 Å². The van der Waals surface area contributed by atoms with E-state index in [9.17, 15) is 14.4 Å². The van der Waals surface area contributed by atoms with E-state index in [4.69, 9.17) is 18.9 Å². The molecule has 7 heteroatoms. The number of hydrogen-bond donors (Lipinski definition) is 0. The first kappa shape index (κ1) is 27.0. The molecule has 1 saturated carbocycles. The number of rotatable bonds is 10. The Bertz CT molecular complexity index is 800. The van der Waals surface area contributed by atoms with E-state index in [1.807, 2.05) is 27.7 Å². The first-order chi connectivity index (χ1) is 15.9. The molecule has 0 aromatic rings. The zero-order chi connectivity index (χ0) is 25.1. The van der Waals surface area contributed by atoms with Gasteiger partial charge in [-0.2, -0.15) is 0 Å². The van der Waals surface area contributed by atoms with Gasteiger partial charge >= 0.3 is 5.97 Å². The third kappa shape index (κ3) is 6.55. The summed E-state index contributed by atoms with van der Waals surface area (Å²) in [7, 11) is 0. The van der Waals surface area contributed by atoms with Gasteiger partial charge in [0.05, 0.1) is 31.5 Å². The Labute approximate surface area is 203 Å². The van der Waals surface area contributed by atoms with E-state index in [1.165, 1.54) is 0 Å². The molecule has 1 heterocycles. The van der Waals surface area contributed by atoms with E-state index in [0.717, 1.165) is 18.4 Å². The second-order valence-corrected chi connectivity index (χ2v) is 11.1. The van der Waals surface area contributed by atoms with E-state index in [2.05, 4.69) is 6.92 Å². The minimum atomic E-state index is -0.957. The molecule has 7 nitrogen and oxygen atoms in total. The molecule has 0 radical (unpaired) electrons. The van der Waals surface area contributed by atoms with Gasteiger partial charge in [0.25, 0.3) is 0 Å². The quantitative estimate of drug-likeness (QED) is 0.336. The van der Waals surface area contributed by atoms with Gasteiger partial charge in [-0.3, -0.25) is 14.4 Å². The van der Waals surface area contributed by atoms with Crippen LogP contribution in [0.25, 0.3) is 0 Å². The van der Waals surface area contributed by atoms with Crippen LogP contribution in [0.3, 0.4) is 0 Å². The van der Waals surface area contributed by atoms with Gasteiger partial charge in [0.15, 0.2) is 11.6 Å². The molecule has 0 spiro atoms. The van der Waals surface area contributed by atoms with Crippen LogP contribution >= 0.6 is 0 Å². The third-order valence-electron chi connectivity index (χ3n) is 7.17. The van der Waals surface area contributed by atoms with Gasteiger partial charge in [0.2, 0.25) is 0 Å². The number of ketones is 2. The number of carbonyl (C=O) groups excluding carboxylic acids is 3. The van der Waals surface area contributed by atoms with E-state index < -0.39 is 17.7 Å². The molecule has 2 aliphatic carbocycles. The maximum Gasteiger partial charge on any atom is 0.316 e. The second-order valence-electron chi connectivity index (χ2n) is 11.1. The van der Waals surface area contributed by atoms with Crippen LogP contribution in [0.5, 0.6) is 0 Å². The molecule has 1 aliphatic heterocycles. The molecule has 0 amide bonds. The van der Waals surface area contributed by atoms with E-state index in [-0.39, 0.29) is 54.6 Å². The zero-order valence-electron chi connectivity index (χ0n) is 21.7. The van der Waals surface area contributed by atoms with E-state index >= 15 is 0 Å². The number of fused-ring (bicyclic) bond motifs is 1. The van der Waals surface area contributed by atoms with Crippen molar-refractivity contribution in [3.05, 3.63) is 11.1 Å². The summed E-state index contributed by atoms with van der Waals surface area (Å²) in [6.07, 6.45) is 3.57. The van der Waals surface area contributed by atoms with Crippen LogP contribution in [0, 0.1) is 17.8 Å². The number of allylic oxidation sites excluding steroid dienone is 1. The summed E-state index contributed by atoms with van der Waals surface area (Å²) in [5, 5.41) is 0. The molecule has 4 atom stereocenters. The Kier molecular flexibility index (Phi) is 8.75. The maximum atomic E-state index is 13.2. The Balaban J connectivity index is 1.76. The van der Waals surface area contributed by atoms with Crippen molar-refractivity contribution >= 4 is 17.5 Å². The first-order valence-corrected chi connectivity index (χ1v) is 12.8. The van der Waals surface area contributed by atoms with Crippen LogP contribution < -0.4 is 0 Å². The molecule has 3 rings (SSSR count). The summed E-state index contributed by atoms with van der Waals surface area (Å²) in [4.78, 5) is 39.1. The van der Waals surface area contributed by atoms with Crippen molar-refractivity contribution in [2.24, 2.45) is 17.8 Å². The molecule has 0 aromatic heterocycles. The third-order valence-corrected chi connectivity index (χ3v) is 7.17. The molecule has 0 N–H and O–H groups in total. The van der Waals surface area contributed by atoms with Crippen molar-refractivity contribution in [1.29, 1.82) is 0 Å². The minimum absolute atomic E-state index is 0.0528. The maximum absolute atomic E-state index is 13.2. The Hall–Kier alpha value is -1.57. The highest BCUT2D eigenvalue weighted by molar-refractivity contribution is 6.03. The van der Waals surface area contributed by atoms with Crippen LogP contribution in [0.2, 0.25) is 0 Å². The fourth-order valence-corrected chi connectivity index (χ4v) is 5.72. The molecule has 2 fully saturated rings. The number of hydrogen-bond acceptors (Lipinski definition) is 7. The average molecular weight is 479 g/mol. The monoisotopic (exact) mass is 478 g/mol. The predicted molar refractivity (Wildman–Crippen MR) is 127 cm³/mol.